The molecular formula is C15H14O4. The highest BCUT2D eigenvalue weighted by Gasteiger charge is 2.37. The Morgan fingerprint density at radius 2 is 1.58 bits per heavy atom. The predicted octanol–water partition coefficient (Wildman–Crippen LogP) is 2.74. The summed E-state index contributed by atoms with van der Waals surface area (Å²) < 4.78 is 16.0. The van der Waals surface area contributed by atoms with Crippen LogP contribution in [0.25, 0.3) is 10.8 Å². The Balaban J connectivity index is 2.45. The summed E-state index contributed by atoms with van der Waals surface area (Å²) in [5.41, 5.74) is 1.38. The molecule has 0 aliphatic heterocycles. The van der Waals surface area contributed by atoms with Crippen LogP contribution in [-0.4, -0.2) is 27.1 Å². The number of hydrogen-bond donors (Lipinski definition) is 0. The second-order valence-electron chi connectivity index (χ2n) is 4.40. The van der Waals surface area contributed by atoms with Crippen LogP contribution >= 0.6 is 0 Å². The molecule has 0 saturated carbocycles. The number of ether oxygens (including phenoxy) is 3. The Labute approximate surface area is 110 Å². The summed E-state index contributed by atoms with van der Waals surface area (Å²) in [5.74, 6) is 1.16. The Bertz CT molecular complexity index is 670. The van der Waals surface area contributed by atoms with Crippen LogP contribution in [-0.2, 0) is 4.74 Å². The number of carbonyl (C=O) groups excluding carboxylic acids is 1. The second-order valence-corrected chi connectivity index (χ2v) is 4.40. The van der Waals surface area contributed by atoms with Crippen LogP contribution < -0.4 is 9.47 Å². The highest BCUT2D eigenvalue weighted by Crippen LogP contribution is 2.46. The van der Waals surface area contributed by atoms with Crippen molar-refractivity contribution in [3.8, 4) is 11.5 Å². The molecule has 98 valence electrons. The molecule has 1 unspecified atom stereocenters. The van der Waals surface area contributed by atoms with Crippen molar-refractivity contribution in [1.29, 1.82) is 0 Å². The summed E-state index contributed by atoms with van der Waals surface area (Å²) in [6.45, 7) is 0. The molecule has 2 aromatic carbocycles. The lowest BCUT2D eigenvalue weighted by atomic mass is 10.0. The molecule has 0 heterocycles. The molecular weight excluding hydrogens is 244 g/mol. The van der Waals surface area contributed by atoms with E-state index < -0.39 is 6.10 Å². The number of methoxy groups -OCH3 is 3. The highest BCUT2D eigenvalue weighted by molar-refractivity contribution is 6.20. The highest BCUT2D eigenvalue weighted by atomic mass is 16.5. The maximum Gasteiger partial charge on any atom is 0.200 e. The van der Waals surface area contributed by atoms with Gasteiger partial charge in [0.1, 0.15) is 17.6 Å². The van der Waals surface area contributed by atoms with E-state index in [1.54, 1.807) is 14.2 Å². The Morgan fingerprint density at radius 1 is 0.947 bits per heavy atom. The fourth-order valence-corrected chi connectivity index (χ4v) is 2.75. The lowest BCUT2D eigenvalue weighted by Crippen LogP contribution is -2.09. The average molecular weight is 258 g/mol. The third-order valence-electron chi connectivity index (χ3n) is 3.57. The van der Waals surface area contributed by atoms with Crippen LogP contribution in [0.15, 0.2) is 24.3 Å². The van der Waals surface area contributed by atoms with Crippen molar-refractivity contribution in [3.63, 3.8) is 0 Å². The predicted molar refractivity (Wildman–Crippen MR) is 71.1 cm³/mol. The van der Waals surface area contributed by atoms with Gasteiger partial charge in [-0.05, 0) is 17.5 Å². The monoisotopic (exact) mass is 258 g/mol. The summed E-state index contributed by atoms with van der Waals surface area (Å²) in [6, 6.07) is 7.54. The lowest BCUT2D eigenvalue weighted by Gasteiger charge is -2.12. The van der Waals surface area contributed by atoms with Gasteiger partial charge in [0.25, 0.3) is 0 Å². The van der Waals surface area contributed by atoms with Gasteiger partial charge in [-0.2, -0.15) is 0 Å². The maximum absolute atomic E-state index is 12.5. The maximum atomic E-state index is 12.5. The van der Waals surface area contributed by atoms with E-state index in [0.717, 1.165) is 16.3 Å². The molecule has 19 heavy (non-hydrogen) atoms. The van der Waals surface area contributed by atoms with Crippen molar-refractivity contribution < 1.29 is 19.0 Å². The van der Waals surface area contributed by atoms with Crippen molar-refractivity contribution in [2.75, 3.05) is 21.3 Å². The number of benzene rings is 2. The first-order valence-corrected chi connectivity index (χ1v) is 5.97. The van der Waals surface area contributed by atoms with Crippen molar-refractivity contribution in [2.45, 2.75) is 6.10 Å². The van der Waals surface area contributed by atoms with E-state index in [9.17, 15) is 4.79 Å². The van der Waals surface area contributed by atoms with Crippen molar-refractivity contribution in [2.24, 2.45) is 0 Å². The van der Waals surface area contributed by atoms with Crippen LogP contribution in [0.3, 0.4) is 0 Å². The minimum Gasteiger partial charge on any atom is -0.496 e. The number of ketones is 1. The third-order valence-corrected chi connectivity index (χ3v) is 3.57. The molecule has 1 aliphatic carbocycles. The zero-order chi connectivity index (χ0) is 13.6. The molecule has 3 rings (SSSR count). The van der Waals surface area contributed by atoms with Crippen LogP contribution in [0.1, 0.15) is 22.0 Å². The average Bonchev–Trinajstić information content (AvgIpc) is 2.75. The molecule has 4 nitrogen and oxygen atoms in total. The van der Waals surface area contributed by atoms with E-state index in [0.29, 0.717) is 17.1 Å². The van der Waals surface area contributed by atoms with E-state index in [1.165, 1.54) is 7.11 Å². The van der Waals surface area contributed by atoms with Crippen molar-refractivity contribution in [1.82, 2.24) is 0 Å². The van der Waals surface area contributed by atoms with Gasteiger partial charge in [0.2, 0.25) is 5.78 Å². The minimum atomic E-state index is -0.620. The molecule has 0 radical (unpaired) electrons. The van der Waals surface area contributed by atoms with Gasteiger partial charge >= 0.3 is 0 Å². The van der Waals surface area contributed by atoms with E-state index in [2.05, 4.69) is 0 Å². The van der Waals surface area contributed by atoms with E-state index >= 15 is 0 Å². The Kier molecular flexibility index (Phi) is 2.68. The zero-order valence-corrected chi connectivity index (χ0v) is 11.0. The van der Waals surface area contributed by atoms with Crippen molar-refractivity contribution in [3.05, 3.63) is 35.4 Å². The Hall–Kier alpha value is -2.07. The fraction of sp³-hybridized carbons (Fsp3) is 0.267. The van der Waals surface area contributed by atoms with Gasteiger partial charge in [-0.15, -0.1) is 0 Å². The molecule has 0 fully saturated rings. The third kappa shape index (κ3) is 1.47. The first-order chi connectivity index (χ1) is 9.22. The normalized spacial score (nSPS) is 17.0. The van der Waals surface area contributed by atoms with Crippen molar-refractivity contribution >= 4 is 16.6 Å². The summed E-state index contributed by atoms with van der Waals surface area (Å²) in [4.78, 5) is 12.5. The summed E-state index contributed by atoms with van der Waals surface area (Å²) in [5, 5.41) is 1.86. The van der Waals surface area contributed by atoms with Crippen LogP contribution in [0.5, 0.6) is 11.5 Å². The summed E-state index contributed by atoms with van der Waals surface area (Å²) in [7, 11) is 4.68. The number of carbonyl (C=O) groups is 1. The molecule has 1 atom stereocenters. The number of rotatable bonds is 3. The molecule has 0 saturated heterocycles. The van der Waals surface area contributed by atoms with E-state index in [4.69, 9.17) is 14.2 Å². The van der Waals surface area contributed by atoms with E-state index in [1.807, 2.05) is 24.3 Å². The lowest BCUT2D eigenvalue weighted by molar-refractivity contribution is 0.0619. The first kappa shape index (κ1) is 12.0. The molecule has 0 spiro atoms. The quantitative estimate of drug-likeness (QED) is 0.849. The number of Topliss-reactive ketones (excluding diaryl/α,β-unsaturated/α-hetero) is 1. The molecule has 0 aromatic heterocycles. The first-order valence-electron chi connectivity index (χ1n) is 5.97. The standard InChI is InChI=1S/C15H14O4/c1-17-9-6-4-8-5-7-10(18-2)13-11(8)12(9)14(16)15(13)19-3/h4-7,15H,1-3H3. The van der Waals surface area contributed by atoms with Crippen LogP contribution in [0, 0.1) is 0 Å². The summed E-state index contributed by atoms with van der Waals surface area (Å²) >= 11 is 0. The van der Waals surface area contributed by atoms with Gasteiger partial charge in [0.05, 0.1) is 19.8 Å². The minimum absolute atomic E-state index is 0.0792. The molecule has 0 amide bonds. The van der Waals surface area contributed by atoms with Gasteiger partial charge < -0.3 is 14.2 Å². The zero-order valence-electron chi connectivity index (χ0n) is 11.0. The van der Waals surface area contributed by atoms with Gasteiger partial charge in [-0.1, -0.05) is 12.1 Å². The van der Waals surface area contributed by atoms with Crippen LogP contribution in [0.4, 0.5) is 0 Å². The topological polar surface area (TPSA) is 44.8 Å². The second kappa shape index (κ2) is 4.24. The molecule has 0 N–H and O–H groups in total. The SMILES string of the molecule is COc1ccc2ccc(OC)c3c2c1C(=O)C3OC. The van der Waals surface area contributed by atoms with Crippen LogP contribution in [0.2, 0.25) is 0 Å². The summed E-state index contributed by atoms with van der Waals surface area (Å²) in [6.07, 6.45) is -0.620. The van der Waals surface area contributed by atoms with Gasteiger partial charge in [-0.25, -0.2) is 0 Å². The van der Waals surface area contributed by atoms with Gasteiger partial charge in [0.15, 0.2) is 0 Å². The largest absolute Gasteiger partial charge is 0.496 e. The number of hydrogen-bond acceptors (Lipinski definition) is 4. The van der Waals surface area contributed by atoms with Gasteiger partial charge in [0, 0.05) is 18.1 Å². The smallest absolute Gasteiger partial charge is 0.200 e. The van der Waals surface area contributed by atoms with Gasteiger partial charge in [-0.3, -0.25) is 4.79 Å². The molecule has 2 aromatic rings. The fourth-order valence-electron chi connectivity index (χ4n) is 2.75. The molecule has 4 heteroatoms. The Morgan fingerprint density at radius 3 is 2.16 bits per heavy atom. The van der Waals surface area contributed by atoms with E-state index in [-0.39, 0.29) is 5.78 Å². The molecule has 0 bridgehead atoms. The molecule has 1 aliphatic rings.